The SMILES string of the molecule is CNCC(=O)NC(Cc1ccc(OPO)cc1)C(C)=O. The molecule has 0 fully saturated rings. The monoisotopic (exact) mass is 298 g/mol. The maximum atomic E-state index is 11.6. The molecule has 20 heavy (non-hydrogen) atoms. The predicted molar refractivity (Wildman–Crippen MR) is 77.8 cm³/mol. The van der Waals surface area contributed by atoms with Crippen LogP contribution in [0.4, 0.5) is 0 Å². The van der Waals surface area contributed by atoms with Crippen molar-refractivity contribution in [3.05, 3.63) is 29.8 Å². The molecule has 0 aliphatic rings. The van der Waals surface area contributed by atoms with Crippen molar-refractivity contribution in [2.75, 3.05) is 13.6 Å². The minimum Gasteiger partial charge on any atom is -0.450 e. The molecule has 0 saturated heterocycles. The number of ketones is 1. The summed E-state index contributed by atoms with van der Waals surface area (Å²) >= 11 is 0. The van der Waals surface area contributed by atoms with Crippen LogP contribution in [0.1, 0.15) is 12.5 Å². The fourth-order valence-corrected chi connectivity index (χ4v) is 1.93. The Labute approximate surface area is 119 Å². The first-order valence-electron chi connectivity index (χ1n) is 6.16. The van der Waals surface area contributed by atoms with Crippen molar-refractivity contribution in [2.45, 2.75) is 19.4 Å². The zero-order valence-electron chi connectivity index (χ0n) is 11.5. The highest BCUT2D eigenvalue weighted by atomic mass is 31.1. The number of Topliss-reactive ketones (excluding diaryl/α,β-unsaturated/α-hetero) is 1. The molecule has 6 nitrogen and oxygen atoms in total. The first-order chi connectivity index (χ1) is 9.56. The lowest BCUT2D eigenvalue weighted by atomic mass is 10.0. The summed E-state index contributed by atoms with van der Waals surface area (Å²) in [6.45, 7) is 1.63. The molecule has 110 valence electrons. The number of nitrogens with one attached hydrogen (secondary N) is 2. The second-order valence-corrected chi connectivity index (χ2v) is 4.69. The van der Waals surface area contributed by atoms with Gasteiger partial charge in [0.1, 0.15) is 5.75 Å². The molecular weight excluding hydrogens is 279 g/mol. The molecule has 0 aliphatic carbocycles. The lowest BCUT2D eigenvalue weighted by Gasteiger charge is -2.16. The molecular formula is C13H19N2O4P. The van der Waals surface area contributed by atoms with Crippen molar-refractivity contribution in [1.29, 1.82) is 0 Å². The molecule has 0 radical (unpaired) electrons. The van der Waals surface area contributed by atoms with Gasteiger partial charge in [-0.1, -0.05) is 12.1 Å². The van der Waals surface area contributed by atoms with Gasteiger partial charge in [-0.15, -0.1) is 0 Å². The highest BCUT2D eigenvalue weighted by molar-refractivity contribution is 7.25. The first-order valence-corrected chi connectivity index (χ1v) is 7.01. The second kappa shape index (κ2) is 8.64. The smallest absolute Gasteiger partial charge is 0.234 e. The van der Waals surface area contributed by atoms with Gasteiger partial charge in [0.25, 0.3) is 0 Å². The van der Waals surface area contributed by atoms with Gasteiger partial charge in [0.2, 0.25) is 14.9 Å². The van der Waals surface area contributed by atoms with Crippen LogP contribution < -0.4 is 15.2 Å². The molecule has 2 atom stereocenters. The summed E-state index contributed by atoms with van der Waals surface area (Å²) in [6.07, 6.45) is 0.423. The van der Waals surface area contributed by atoms with E-state index >= 15 is 0 Å². The van der Waals surface area contributed by atoms with Gasteiger partial charge in [-0.2, -0.15) is 0 Å². The molecule has 0 aliphatic heterocycles. The van der Waals surface area contributed by atoms with Crippen molar-refractivity contribution in [3.63, 3.8) is 0 Å². The van der Waals surface area contributed by atoms with E-state index in [1.54, 1.807) is 31.3 Å². The van der Waals surface area contributed by atoms with Gasteiger partial charge >= 0.3 is 0 Å². The molecule has 1 aromatic carbocycles. The first kappa shape index (κ1) is 16.6. The number of benzene rings is 1. The third-order valence-corrected chi connectivity index (χ3v) is 3.02. The molecule has 1 rings (SSSR count). The summed E-state index contributed by atoms with van der Waals surface area (Å²) in [5.74, 6) is 0.258. The van der Waals surface area contributed by atoms with Gasteiger partial charge in [0.05, 0.1) is 12.6 Å². The van der Waals surface area contributed by atoms with Gasteiger partial charge in [-0.05, 0) is 38.1 Å². The van der Waals surface area contributed by atoms with Gasteiger partial charge in [-0.3, -0.25) is 9.59 Å². The number of rotatable bonds is 8. The van der Waals surface area contributed by atoms with E-state index in [0.29, 0.717) is 12.2 Å². The van der Waals surface area contributed by atoms with E-state index in [0.717, 1.165) is 5.56 Å². The van der Waals surface area contributed by atoms with Crippen LogP contribution in [0.5, 0.6) is 5.75 Å². The summed E-state index contributed by atoms with van der Waals surface area (Å²) in [6, 6.07) is 6.49. The van der Waals surface area contributed by atoms with Gasteiger partial charge < -0.3 is 20.1 Å². The lowest BCUT2D eigenvalue weighted by molar-refractivity contribution is -0.126. The number of amides is 1. The van der Waals surface area contributed by atoms with E-state index in [1.165, 1.54) is 6.92 Å². The topological polar surface area (TPSA) is 87.7 Å². The summed E-state index contributed by atoms with van der Waals surface area (Å²) in [5, 5.41) is 5.42. The normalized spacial score (nSPS) is 12.3. The van der Waals surface area contributed by atoms with Crippen LogP contribution in [-0.2, 0) is 16.0 Å². The Bertz CT molecular complexity index is 450. The van der Waals surface area contributed by atoms with E-state index in [2.05, 4.69) is 10.6 Å². The zero-order chi connectivity index (χ0) is 15.0. The highest BCUT2D eigenvalue weighted by Crippen LogP contribution is 2.18. The quantitative estimate of drug-likeness (QED) is 0.605. The maximum Gasteiger partial charge on any atom is 0.234 e. The second-order valence-electron chi connectivity index (χ2n) is 4.30. The average molecular weight is 298 g/mol. The number of likely N-dealkylation sites (N-methyl/N-ethyl adjacent to an activating group) is 1. The third kappa shape index (κ3) is 5.65. The summed E-state index contributed by atoms with van der Waals surface area (Å²) in [4.78, 5) is 31.7. The molecule has 0 aromatic heterocycles. The van der Waals surface area contributed by atoms with E-state index in [9.17, 15) is 9.59 Å². The molecule has 0 bridgehead atoms. The van der Waals surface area contributed by atoms with Gasteiger partial charge in [0.15, 0.2) is 5.78 Å². The van der Waals surface area contributed by atoms with Crippen LogP contribution in [0.15, 0.2) is 24.3 Å². The fraction of sp³-hybridized carbons (Fsp3) is 0.385. The Morgan fingerprint density at radius 1 is 1.35 bits per heavy atom. The van der Waals surface area contributed by atoms with Crippen LogP contribution in [0.25, 0.3) is 0 Å². The average Bonchev–Trinajstić information content (AvgIpc) is 2.40. The Hall–Kier alpha value is -1.49. The summed E-state index contributed by atoms with van der Waals surface area (Å²) in [7, 11) is 1.07. The molecule has 0 saturated carbocycles. The molecule has 1 aromatic rings. The maximum absolute atomic E-state index is 11.6. The zero-order valence-corrected chi connectivity index (χ0v) is 12.5. The Morgan fingerprint density at radius 3 is 2.50 bits per heavy atom. The molecule has 0 spiro atoms. The third-order valence-electron chi connectivity index (χ3n) is 2.69. The predicted octanol–water partition coefficient (Wildman–Crippen LogP) is 0.402. The molecule has 7 heteroatoms. The number of hydrogen-bond donors (Lipinski definition) is 3. The molecule has 3 N–H and O–H groups in total. The largest absolute Gasteiger partial charge is 0.450 e. The van der Waals surface area contributed by atoms with Crippen molar-refractivity contribution < 1.29 is 19.0 Å². The van der Waals surface area contributed by atoms with E-state index in [1.807, 2.05) is 0 Å². The van der Waals surface area contributed by atoms with Crippen LogP contribution in [-0.4, -0.2) is 36.2 Å². The van der Waals surface area contributed by atoms with Crippen molar-refractivity contribution in [2.24, 2.45) is 0 Å². The summed E-state index contributed by atoms with van der Waals surface area (Å²) < 4.78 is 4.95. The highest BCUT2D eigenvalue weighted by Gasteiger charge is 2.17. The van der Waals surface area contributed by atoms with Crippen LogP contribution in [0.3, 0.4) is 0 Å². The minimum absolute atomic E-state index is 0.0911. The summed E-state index contributed by atoms with van der Waals surface area (Å²) in [5.41, 5.74) is 0.906. The van der Waals surface area contributed by atoms with E-state index in [-0.39, 0.29) is 18.2 Å². The molecule has 1 amide bonds. The van der Waals surface area contributed by atoms with Gasteiger partial charge in [0, 0.05) is 0 Å². The lowest BCUT2D eigenvalue weighted by Crippen LogP contribution is -2.44. The van der Waals surface area contributed by atoms with Crippen molar-refractivity contribution >= 4 is 20.7 Å². The van der Waals surface area contributed by atoms with Gasteiger partial charge in [-0.25, -0.2) is 0 Å². The Balaban J connectivity index is 2.65. The van der Waals surface area contributed by atoms with E-state index in [4.69, 9.17) is 9.42 Å². The molecule has 0 heterocycles. The standard InChI is InChI=1S/C13H19N2O4P/c1-9(16)12(15-13(17)8-14-2)7-10-3-5-11(6-4-10)19-20-18/h3-6,12,14,18,20H,7-8H2,1-2H3,(H,15,17). The minimum atomic E-state index is -0.598. The fourth-order valence-electron chi connectivity index (χ4n) is 1.68. The van der Waals surface area contributed by atoms with Crippen molar-refractivity contribution in [1.82, 2.24) is 10.6 Å². The Morgan fingerprint density at radius 2 is 2.00 bits per heavy atom. The number of carbonyl (C=O) groups excluding carboxylic acids is 2. The van der Waals surface area contributed by atoms with Crippen molar-refractivity contribution in [3.8, 4) is 5.75 Å². The van der Waals surface area contributed by atoms with Crippen LogP contribution in [0.2, 0.25) is 0 Å². The van der Waals surface area contributed by atoms with Crippen LogP contribution in [0, 0.1) is 0 Å². The van der Waals surface area contributed by atoms with E-state index < -0.39 is 15.1 Å². The molecule has 2 unspecified atom stereocenters. The number of hydrogen-bond acceptors (Lipinski definition) is 5. The Kier molecular flexibility index (Phi) is 7.15. The van der Waals surface area contributed by atoms with Crippen LogP contribution >= 0.6 is 9.03 Å². The number of carbonyl (C=O) groups is 2.